The van der Waals surface area contributed by atoms with Crippen LogP contribution in [0.5, 0.6) is 5.75 Å². The van der Waals surface area contributed by atoms with E-state index in [1.807, 2.05) is 30.5 Å². The normalized spacial score (nSPS) is 10.4. The van der Waals surface area contributed by atoms with Gasteiger partial charge < -0.3 is 9.30 Å². The second kappa shape index (κ2) is 5.03. The van der Waals surface area contributed by atoms with Crippen molar-refractivity contribution in [1.82, 2.24) is 9.55 Å². The highest BCUT2D eigenvalue weighted by Crippen LogP contribution is 2.16. The quantitative estimate of drug-likeness (QED) is 0.816. The number of imidazole rings is 1. The van der Waals surface area contributed by atoms with Gasteiger partial charge in [0, 0.05) is 11.6 Å². The number of hydrogen-bond acceptors (Lipinski definition) is 2. The lowest BCUT2D eigenvalue weighted by Gasteiger charge is -2.07. The Morgan fingerprint density at radius 2 is 2.06 bits per heavy atom. The SMILES string of the molecule is CCn1cncc1COc1ccc(Cl)cc1. The Morgan fingerprint density at radius 3 is 2.75 bits per heavy atom. The van der Waals surface area contributed by atoms with E-state index in [-0.39, 0.29) is 0 Å². The Balaban J connectivity index is 1.99. The minimum absolute atomic E-state index is 0.523. The number of hydrogen-bond donors (Lipinski definition) is 0. The molecule has 0 bridgehead atoms. The van der Waals surface area contributed by atoms with E-state index >= 15 is 0 Å². The number of ether oxygens (including phenoxy) is 1. The van der Waals surface area contributed by atoms with E-state index in [2.05, 4.69) is 16.5 Å². The zero-order valence-electron chi connectivity index (χ0n) is 9.06. The first-order valence-corrected chi connectivity index (χ1v) is 5.54. The lowest BCUT2D eigenvalue weighted by molar-refractivity contribution is 0.295. The van der Waals surface area contributed by atoms with Crippen molar-refractivity contribution in [1.29, 1.82) is 0 Å². The maximum Gasteiger partial charge on any atom is 0.130 e. The average Bonchev–Trinajstić information content (AvgIpc) is 2.76. The van der Waals surface area contributed by atoms with E-state index in [0.717, 1.165) is 18.0 Å². The Kier molecular flexibility index (Phi) is 3.47. The van der Waals surface area contributed by atoms with Crippen LogP contribution < -0.4 is 4.74 Å². The van der Waals surface area contributed by atoms with E-state index < -0.39 is 0 Å². The van der Waals surface area contributed by atoms with E-state index in [4.69, 9.17) is 16.3 Å². The minimum Gasteiger partial charge on any atom is -0.487 e. The molecular weight excluding hydrogens is 224 g/mol. The molecule has 0 aliphatic carbocycles. The molecule has 2 rings (SSSR count). The van der Waals surface area contributed by atoms with Gasteiger partial charge in [-0.2, -0.15) is 0 Å². The minimum atomic E-state index is 0.523. The summed E-state index contributed by atoms with van der Waals surface area (Å²) in [5.74, 6) is 0.813. The van der Waals surface area contributed by atoms with E-state index in [9.17, 15) is 0 Å². The van der Waals surface area contributed by atoms with Crippen molar-refractivity contribution in [2.24, 2.45) is 0 Å². The molecule has 84 valence electrons. The molecular formula is C12H13ClN2O. The largest absolute Gasteiger partial charge is 0.487 e. The summed E-state index contributed by atoms with van der Waals surface area (Å²) in [6.45, 7) is 3.50. The lowest BCUT2D eigenvalue weighted by atomic mass is 10.3. The molecule has 2 aromatic rings. The average molecular weight is 237 g/mol. The predicted octanol–water partition coefficient (Wildman–Crippen LogP) is 3.14. The standard InChI is InChI=1S/C12H13ClN2O/c1-2-15-9-14-7-11(15)8-16-12-5-3-10(13)4-6-12/h3-7,9H,2,8H2,1H3. The van der Waals surface area contributed by atoms with Crippen molar-refractivity contribution in [3.63, 3.8) is 0 Å². The molecule has 0 N–H and O–H groups in total. The molecule has 4 heteroatoms. The van der Waals surface area contributed by atoms with Crippen molar-refractivity contribution >= 4 is 11.6 Å². The van der Waals surface area contributed by atoms with E-state index in [0.29, 0.717) is 11.6 Å². The van der Waals surface area contributed by atoms with E-state index in [1.165, 1.54) is 0 Å². The predicted molar refractivity (Wildman–Crippen MR) is 63.7 cm³/mol. The summed E-state index contributed by atoms with van der Waals surface area (Å²) in [7, 11) is 0. The topological polar surface area (TPSA) is 27.1 Å². The van der Waals surface area contributed by atoms with Crippen LogP contribution in [0.2, 0.25) is 5.02 Å². The molecule has 0 unspecified atom stereocenters. The number of aryl methyl sites for hydroxylation is 1. The highest BCUT2D eigenvalue weighted by Gasteiger charge is 2.01. The van der Waals surface area contributed by atoms with Gasteiger partial charge in [-0.25, -0.2) is 4.98 Å². The Morgan fingerprint density at radius 1 is 1.31 bits per heavy atom. The molecule has 0 atom stereocenters. The van der Waals surface area contributed by atoms with Gasteiger partial charge in [0.25, 0.3) is 0 Å². The van der Waals surface area contributed by atoms with Crippen LogP contribution in [0.1, 0.15) is 12.6 Å². The van der Waals surface area contributed by atoms with Crippen molar-refractivity contribution in [3.05, 3.63) is 47.5 Å². The maximum absolute atomic E-state index is 5.79. The molecule has 0 saturated carbocycles. The number of rotatable bonds is 4. The summed E-state index contributed by atoms with van der Waals surface area (Å²) in [5, 5.41) is 0.714. The molecule has 0 aliphatic heterocycles. The van der Waals surface area contributed by atoms with Gasteiger partial charge in [-0.15, -0.1) is 0 Å². The molecule has 3 nitrogen and oxygen atoms in total. The zero-order chi connectivity index (χ0) is 11.4. The fraction of sp³-hybridized carbons (Fsp3) is 0.250. The molecule has 0 saturated heterocycles. The van der Waals surface area contributed by atoms with Crippen LogP contribution in [0, 0.1) is 0 Å². The van der Waals surface area contributed by atoms with Crippen LogP contribution in [-0.2, 0) is 13.2 Å². The molecule has 1 aromatic heterocycles. The van der Waals surface area contributed by atoms with Crippen LogP contribution in [0.15, 0.2) is 36.8 Å². The van der Waals surface area contributed by atoms with Gasteiger partial charge in [0.15, 0.2) is 0 Å². The molecule has 0 radical (unpaired) electrons. The zero-order valence-corrected chi connectivity index (χ0v) is 9.81. The van der Waals surface area contributed by atoms with Gasteiger partial charge in [-0.05, 0) is 31.2 Å². The first-order valence-electron chi connectivity index (χ1n) is 5.17. The van der Waals surface area contributed by atoms with Gasteiger partial charge in [-0.3, -0.25) is 0 Å². The summed E-state index contributed by atoms with van der Waals surface area (Å²) in [6, 6.07) is 7.34. The van der Waals surface area contributed by atoms with Crippen LogP contribution in [0.25, 0.3) is 0 Å². The summed E-state index contributed by atoms with van der Waals surface area (Å²) in [6.07, 6.45) is 3.62. The van der Waals surface area contributed by atoms with Crippen molar-refractivity contribution < 1.29 is 4.74 Å². The van der Waals surface area contributed by atoms with Crippen molar-refractivity contribution in [2.75, 3.05) is 0 Å². The smallest absolute Gasteiger partial charge is 0.130 e. The fourth-order valence-corrected chi connectivity index (χ4v) is 1.57. The molecule has 0 spiro atoms. The monoisotopic (exact) mass is 236 g/mol. The maximum atomic E-state index is 5.79. The van der Waals surface area contributed by atoms with Gasteiger partial charge in [0.05, 0.1) is 18.2 Å². The van der Waals surface area contributed by atoms with Gasteiger partial charge >= 0.3 is 0 Å². The lowest BCUT2D eigenvalue weighted by Crippen LogP contribution is -2.03. The van der Waals surface area contributed by atoms with Crippen LogP contribution >= 0.6 is 11.6 Å². The summed E-state index contributed by atoms with van der Waals surface area (Å²) in [5.41, 5.74) is 1.07. The molecule has 1 aromatic carbocycles. The van der Waals surface area contributed by atoms with Gasteiger partial charge in [-0.1, -0.05) is 11.6 Å². The van der Waals surface area contributed by atoms with Crippen molar-refractivity contribution in [2.45, 2.75) is 20.1 Å². The van der Waals surface area contributed by atoms with Crippen LogP contribution in [-0.4, -0.2) is 9.55 Å². The molecule has 0 aliphatic rings. The van der Waals surface area contributed by atoms with Crippen LogP contribution in [0.4, 0.5) is 0 Å². The fourth-order valence-electron chi connectivity index (χ4n) is 1.44. The van der Waals surface area contributed by atoms with Crippen molar-refractivity contribution in [3.8, 4) is 5.75 Å². The Hall–Kier alpha value is -1.48. The highest BCUT2D eigenvalue weighted by atomic mass is 35.5. The van der Waals surface area contributed by atoms with Gasteiger partial charge in [0.1, 0.15) is 12.4 Å². The highest BCUT2D eigenvalue weighted by molar-refractivity contribution is 6.30. The third-order valence-corrected chi connectivity index (χ3v) is 2.59. The second-order valence-electron chi connectivity index (χ2n) is 3.41. The van der Waals surface area contributed by atoms with Gasteiger partial charge in [0.2, 0.25) is 0 Å². The van der Waals surface area contributed by atoms with E-state index in [1.54, 1.807) is 6.33 Å². The first kappa shape index (κ1) is 11.0. The summed E-state index contributed by atoms with van der Waals surface area (Å²) >= 11 is 5.79. The molecule has 0 amide bonds. The molecule has 0 fully saturated rings. The Labute approximate surface area is 99.6 Å². The number of nitrogens with zero attached hydrogens (tertiary/aromatic N) is 2. The number of benzene rings is 1. The first-order chi connectivity index (χ1) is 7.79. The molecule has 1 heterocycles. The number of halogens is 1. The summed E-state index contributed by atoms with van der Waals surface area (Å²) < 4.78 is 7.68. The third kappa shape index (κ3) is 2.55. The number of aromatic nitrogens is 2. The summed E-state index contributed by atoms with van der Waals surface area (Å²) in [4.78, 5) is 4.08. The van der Waals surface area contributed by atoms with Crippen LogP contribution in [0.3, 0.4) is 0 Å². The second-order valence-corrected chi connectivity index (χ2v) is 3.85. The Bertz CT molecular complexity index is 450. The third-order valence-electron chi connectivity index (χ3n) is 2.34. The molecule has 16 heavy (non-hydrogen) atoms.